The van der Waals surface area contributed by atoms with Gasteiger partial charge in [-0.3, -0.25) is 13.9 Å². The summed E-state index contributed by atoms with van der Waals surface area (Å²) in [6.07, 6.45) is 0.689. The van der Waals surface area contributed by atoms with Crippen LogP contribution in [0.5, 0.6) is 0 Å². The zero-order chi connectivity index (χ0) is 19.3. The minimum absolute atomic E-state index is 0.0425. The third kappa shape index (κ3) is 2.51. The van der Waals surface area contributed by atoms with Gasteiger partial charge in [0.2, 0.25) is 0 Å². The molecule has 0 unspecified atom stereocenters. The molecule has 4 rings (SSSR count). The Bertz CT molecular complexity index is 1100. The standard InChI is InChI=1S/C19H18FN3O4/c1-3-8-23-16-15(17(24)22(2)19(23)26)13(10-4-6-11(20)7-5-10)14-12(21-16)9-27-18(14)25/h4-7,13,21H,3,8-9H2,1-2H3/t13-/m0/s1. The maximum atomic E-state index is 13.4. The minimum atomic E-state index is -0.728. The van der Waals surface area contributed by atoms with Crippen LogP contribution in [0.15, 0.2) is 45.1 Å². The molecule has 0 aliphatic carbocycles. The molecule has 3 heterocycles. The molecule has 0 saturated heterocycles. The summed E-state index contributed by atoms with van der Waals surface area (Å²) < 4.78 is 21.1. The second-order valence-corrected chi connectivity index (χ2v) is 6.64. The third-order valence-corrected chi connectivity index (χ3v) is 4.97. The quantitative estimate of drug-likeness (QED) is 0.826. The Morgan fingerprint density at radius 3 is 2.59 bits per heavy atom. The zero-order valence-electron chi connectivity index (χ0n) is 14.9. The highest BCUT2D eigenvalue weighted by Crippen LogP contribution is 2.42. The van der Waals surface area contributed by atoms with Crippen LogP contribution in [0, 0.1) is 5.82 Å². The van der Waals surface area contributed by atoms with Gasteiger partial charge in [0.1, 0.15) is 18.2 Å². The van der Waals surface area contributed by atoms with Gasteiger partial charge in [0.05, 0.1) is 22.8 Å². The predicted octanol–water partition coefficient (Wildman–Crippen LogP) is 1.46. The summed E-state index contributed by atoms with van der Waals surface area (Å²) in [5.74, 6) is -1.29. The Morgan fingerprint density at radius 1 is 1.22 bits per heavy atom. The van der Waals surface area contributed by atoms with E-state index < -0.39 is 29.0 Å². The second-order valence-electron chi connectivity index (χ2n) is 6.64. The van der Waals surface area contributed by atoms with E-state index in [0.29, 0.717) is 35.6 Å². The number of carbonyl (C=O) groups excluding carboxylic acids is 1. The molecule has 8 heteroatoms. The number of esters is 1. The molecule has 0 radical (unpaired) electrons. The van der Waals surface area contributed by atoms with Crippen LogP contribution in [-0.4, -0.2) is 21.7 Å². The predicted molar refractivity (Wildman–Crippen MR) is 96.1 cm³/mol. The van der Waals surface area contributed by atoms with Gasteiger partial charge in [-0.1, -0.05) is 19.1 Å². The summed E-state index contributed by atoms with van der Waals surface area (Å²) in [6.45, 7) is 2.38. The van der Waals surface area contributed by atoms with E-state index in [9.17, 15) is 18.8 Å². The van der Waals surface area contributed by atoms with Crippen LogP contribution in [-0.2, 0) is 23.1 Å². The van der Waals surface area contributed by atoms with Crippen molar-refractivity contribution in [3.8, 4) is 0 Å². The Balaban J connectivity index is 2.06. The third-order valence-electron chi connectivity index (χ3n) is 4.97. The molecular weight excluding hydrogens is 353 g/mol. The molecular formula is C19H18FN3O4. The van der Waals surface area contributed by atoms with Gasteiger partial charge in [-0.15, -0.1) is 0 Å². The van der Waals surface area contributed by atoms with Crippen molar-refractivity contribution in [2.24, 2.45) is 7.05 Å². The number of cyclic esters (lactones) is 1. The molecule has 1 N–H and O–H groups in total. The molecule has 0 fully saturated rings. The van der Waals surface area contributed by atoms with Gasteiger partial charge in [0, 0.05) is 13.6 Å². The van der Waals surface area contributed by atoms with Crippen LogP contribution in [0.2, 0.25) is 0 Å². The summed E-state index contributed by atoms with van der Waals surface area (Å²) in [6, 6.07) is 5.65. The lowest BCUT2D eigenvalue weighted by Gasteiger charge is -2.29. The highest BCUT2D eigenvalue weighted by molar-refractivity contribution is 5.96. The van der Waals surface area contributed by atoms with Crippen LogP contribution in [0.25, 0.3) is 0 Å². The molecule has 1 aromatic carbocycles. The minimum Gasteiger partial charge on any atom is -0.456 e. The van der Waals surface area contributed by atoms with Crippen molar-refractivity contribution in [1.29, 1.82) is 0 Å². The number of anilines is 1. The van der Waals surface area contributed by atoms with Gasteiger partial charge in [-0.05, 0) is 24.1 Å². The van der Waals surface area contributed by atoms with E-state index in [1.54, 1.807) is 12.1 Å². The Hall–Kier alpha value is -3.16. The Labute approximate surface area is 153 Å². The lowest BCUT2D eigenvalue weighted by atomic mass is 9.82. The summed E-state index contributed by atoms with van der Waals surface area (Å²) in [5.41, 5.74) is 0.807. The number of carbonyl (C=O) groups is 1. The van der Waals surface area contributed by atoms with Crippen LogP contribution >= 0.6 is 0 Å². The molecule has 27 heavy (non-hydrogen) atoms. The van der Waals surface area contributed by atoms with E-state index in [0.717, 1.165) is 4.57 Å². The van der Waals surface area contributed by atoms with Crippen molar-refractivity contribution in [1.82, 2.24) is 9.13 Å². The SMILES string of the molecule is CCCn1c2c(c(=O)n(C)c1=O)[C@@H](c1ccc(F)cc1)C1=C(COC1=O)N2. The van der Waals surface area contributed by atoms with Gasteiger partial charge in [0.15, 0.2) is 0 Å². The highest BCUT2D eigenvalue weighted by Gasteiger charge is 2.41. The lowest BCUT2D eigenvalue weighted by molar-refractivity contribution is -0.136. The number of hydrogen-bond acceptors (Lipinski definition) is 5. The first kappa shape index (κ1) is 17.3. The lowest BCUT2D eigenvalue weighted by Crippen LogP contribution is -2.44. The molecule has 2 aromatic rings. The number of rotatable bonds is 3. The fourth-order valence-corrected chi connectivity index (χ4v) is 3.70. The number of nitrogens with one attached hydrogen (secondary N) is 1. The summed E-state index contributed by atoms with van der Waals surface area (Å²) >= 11 is 0. The molecule has 0 amide bonds. The Morgan fingerprint density at radius 2 is 1.93 bits per heavy atom. The molecule has 7 nitrogen and oxygen atoms in total. The first-order chi connectivity index (χ1) is 12.9. The normalized spacial score (nSPS) is 18.0. The molecule has 0 saturated carbocycles. The molecule has 0 bridgehead atoms. The van der Waals surface area contributed by atoms with Crippen molar-refractivity contribution in [3.05, 3.63) is 73.3 Å². The molecule has 1 atom stereocenters. The maximum Gasteiger partial charge on any atom is 0.337 e. The molecule has 2 aliphatic rings. The maximum absolute atomic E-state index is 13.4. The average molecular weight is 371 g/mol. The van der Waals surface area contributed by atoms with E-state index in [1.807, 2.05) is 6.92 Å². The fraction of sp³-hybridized carbons (Fsp3) is 0.316. The van der Waals surface area contributed by atoms with Crippen molar-refractivity contribution >= 4 is 11.8 Å². The number of fused-ring (bicyclic) bond motifs is 1. The number of aromatic nitrogens is 2. The highest BCUT2D eigenvalue weighted by atomic mass is 19.1. The number of nitrogens with zero attached hydrogens (tertiary/aromatic N) is 2. The fourth-order valence-electron chi connectivity index (χ4n) is 3.70. The number of benzene rings is 1. The van der Waals surface area contributed by atoms with Crippen molar-refractivity contribution in [2.45, 2.75) is 25.8 Å². The van der Waals surface area contributed by atoms with Crippen LogP contribution in [0.3, 0.4) is 0 Å². The van der Waals surface area contributed by atoms with Crippen LogP contribution in [0.1, 0.15) is 30.4 Å². The smallest absolute Gasteiger partial charge is 0.337 e. The molecule has 140 valence electrons. The van der Waals surface area contributed by atoms with Gasteiger partial charge in [-0.25, -0.2) is 14.0 Å². The first-order valence-electron chi connectivity index (χ1n) is 8.70. The number of ether oxygens (including phenoxy) is 1. The van der Waals surface area contributed by atoms with Crippen LogP contribution < -0.4 is 16.6 Å². The summed E-state index contributed by atoms with van der Waals surface area (Å²) in [5, 5.41) is 3.07. The zero-order valence-corrected chi connectivity index (χ0v) is 14.9. The van der Waals surface area contributed by atoms with Gasteiger partial charge in [0.25, 0.3) is 5.56 Å². The van der Waals surface area contributed by atoms with Gasteiger partial charge < -0.3 is 10.1 Å². The Kier molecular flexibility index (Phi) is 3.98. The average Bonchev–Trinajstić information content (AvgIpc) is 3.03. The number of hydrogen-bond donors (Lipinski definition) is 1. The topological polar surface area (TPSA) is 82.3 Å². The van der Waals surface area contributed by atoms with E-state index in [1.165, 1.54) is 23.7 Å². The molecule has 1 aromatic heterocycles. The van der Waals surface area contributed by atoms with Crippen molar-refractivity contribution < 1.29 is 13.9 Å². The first-order valence-corrected chi connectivity index (χ1v) is 8.70. The number of halogens is 1. The molecule has 2 aliphatic heterocycles. The van der Waals surface area contributed by atoms with Crippen LogP contribution in [0.4, 0.5) is 10.2 Å². The van der Waals surface area contributed by atoms with E-state index >= 15 is 0 Å². The summed E-state index contributed by atoms with van der Waals surface area (Å²) in [4.78, 5) is 38.0. The van der Waals surface area contributed by atoms with E-state index in [4.69, 9.17) is 4.74 Å². The van der Waals surface area contributed by atoms with Crippen molar-refractivity contribution in [2.75, 3.05) is 11.9 Å². The van der Waals surface area contributed by atoms with Gasteiger partial charge in [-0.2, -0.15) is 0 Å². The largest absolute Gasteiger partial charge is 0.456 e. The van der Waals surface area contributed by atoms with Gasteiger partial charge >= 0.3 is 11.7 Å². The van der Waals surface area contributed by atoms with E-state index in [-0.39, 0.29) is 12.2 Å². The monoisotopic (exact) mass is 371 g/mol. The second kappa shape index (κ2) is 6.22. The van der Waals surface area contributed by atoms with Crippen molar-refractivity contribution in [3.63, 3.8) is 0 Å². The molecule has 0 spiro atoms. The van der Waals surface area contributed by atoms with E-state index in [2.05, 4.69) is 5.32 Å². The summed E-state index contributed by atoms with van der Waals surface area (Å²) in [7, 11) is 1.41.